The number of nitrogens with zero attached hydrogens (tertiary/aromatic N) is 1. The molecule has 0 saturated carbocycles. The van der Waals surface area contributed by atoms with Gasteiger partial charge in [0.15, 0.2) is 0 Å². The Labute approximate surface area is 117 Å². The SMILES string of the molecule is CC(N)C(Oc1ccccc1C#N)c1cccc(F)c1. The van der Waals surface area contributed by atoms with Crippen molar-refractivity contribution in [2.24, 2.45) is 5.73 Å². The van der Waals surface area contributed by atoms with Crippen LogP contribution in [0.3, 0.4) is 0 Å². The number of benzene rings is 2. The molecule has 0 aliphatic heterocycles. The third-order valence-corrected chi connectivity index (χ3v) is 2.92. The number of nitriles is 1. The van der Waals surface area contributed by atoms with Crippen molar-refractivity contribution in [3.8, 4) is 11.8 Å². The van der Waals surface area contributed by atoms with E-state index in [-0.39, 0.29) is 11.9 Å². The van der Waals surface area contributed by atoms with Crippen molar-refractivity contribution in [2.45, 2.75) is 19.1 Å². The first kappa shape index (κ1) is 14.0. The minimum atomic E-state index is -0.514. The molecule has 0 saturated heterocycles. The molecule has 2 aromatic carbocycles. The summed E-state index contributed by atoms with van der Waals surface area (Å²) in [7, 11) is 0. The van der Waals surface area contributed by atoms with E-state index in [4.69, 9.17) is 15.7 Å². The van der Waals surface area contributed by atoms with E-state index in [1.807, 2.05) is 0 Å². The molecule has 4 heteroatoms. The normalized spacial score (nSPS) is 13.3. The van der Waals surface area contributed by atoms with Crippen LogP contribution in [0.1, 0.15) is 24.2 Å². The molecule has 2 aromatic rings. The molecule has 0 amide bonds. The van der Waals surface area contributed by atoms with E-state index in [0.29, 0.717) is 16.9 Å². The van der Waals surface area contributed by atoms with Crippen molar-refractivity contribution in [2.75, 3.05) is 0 Å². The first-order chi connectivity index (χ1) is 9.61. The summed E-state index contributed by atoms with van der Waals surface area (Å²) in [4.78, 5) is 0. The van der Waals surface area contributed by atoms with Crippen molar-refractivity contribution in [1.29, 1.82) is 5.26 Å². The molecular weight excluding hydrogens is 255 g/mol. The monoisotopic (exact) mass is 270 g/mol. The van der Waals surface area contributed by atoms with Gasteiger partial charge in [-0.05, 0) is 36.8 Å². The van der Waals surface area contributed by atoms with Gasteiger partial charge in [0.1, 0.15) is 23.7 Å². The smallest absolute Gasteiger partial charge is 0.139 e. The average Bonchev–Trinajstić information content (AvgIpc) is 2.44. The summed E-state index contributed by atoms with van der Waals surface area (Å²) in [6.45, 7) is 1.78. The number of para-hydroxylation sites is 1. The summed E-state index contributed by atoms with van der Waals surface area (Å²) < 4.78 is 19.2. The molecule has 0 aliphatic carbocycles. The van der Waals surface area contributed by atoms with Crippen molar-refractivity contribution in [1.82, 2.24) is 0 Å². The number of hydrogen-bond donors (Lipinski definition) is 1. The molecule has 20 heavy (non-hydrogen) atoms. The molecule has 0 spiro atoms. The van der Waals surface area contributed by atoms with Crippen LogP contribution >= 0.6 is 0 Å². The zero-order valence-electron chi connectivity index (χ0n) is 11.1. The Bertz CT molecular complexity index is 634. The number of halogens is 1. The van der Waals surface area contributed by atoms with Gasteiger partial charge in [-0.2, -0.15) is 5.26 Å². The predicted molar refractivity (Wildman–Crippen MR) is 74.6 cm³/mol. The molecule has 0 radical (unpaired) electrons. The van der Waals surface area contributed by atoms with Crippen LogP contribution in [0.15, 0.2) is 48.5 Å². The molecule has 2 N–H and O–H groups in total. The van der Waals surface area contributed by atoms with Gasteiger partial charge in [-0.25, -0.2) is 4.39 Å². The Morgan fingerprint density at radius 3 is 2.60 bits per heavy atom. The van der Waals surface area contributed by atoms with E-state index in [2.05, 4.69) is 6.07 Å². The molecule has 102 valence electrons. The standard InChI is InChI=1S/C16H15FN2O/c1-11(19)16(12-6-4-7-14(17)9-12)20-15-8-3-2-5-13(15)10-18/h2-9,11,16H,19H2,1H3. The summed E-state index contributed by atoms with van der Waals surface area (Å²) in [6, 6.07) is 14.7. The summed E-state index contributed by atoms with van der Waals surface area (Å²) >= 11 is 0. The van der Waals surface area contributed by atoms with Crippen LogP contribution in [0.25, 0.3) is 0 Å². The van der Waals surface area contributed by atoms with Gasteiger partial charge in [0, 0.05) is 6.04 Å². The average molecular weight is 270 g/mol. The largest absolute Gasteiger partial charge is 0.483 e. The predicted octanol–water partition coefficient (Wildman–Crippen LogP) is 3.16. The maximum atomic E-state index is 13.3. The van der Waals surface area contributed by atoms with E-state index in [9.17, 15) is 4.39 Å². The lowest BCUT2D eigenvalue weighted by atomic mass is 10.0. The first-order valence-electron chi connectivity index (χ1n) is 6.28. The topological polar surface area (TPSA) is 59.0 Å². The van der Waals surface area contributed by atoms with Crippen LogP contribution in [0.4, 0.5) is 4.39 Å². The second-order valence-electron chi connectivity index (χ2n) is 4.56. The minimum absolute atomic E-state index is 0.342. The highest BCUT2D eigenvalue weighted by Gasteiger charge is 2.20. The zero-order valence-corrected chi connectivity index (χ0v) is 11.1. The van der Waals surface area contributed by atoms with E-state index >= 15 is 0 Å². The molecule has 2 rings (SSSR count). The maximum Gasteiger partial charge on any atom is 0.139 e. The lowest BCUT2D eigenvalue weighted by Crippen LogP contribution is -2.29. The van der Waals surface area contributed by atoms with Crippen LogP contribution in [-0.2, 0) is 0 Å². The summed E-state index contributed by atoms with van der Waals surface area (Å²) in [6.07, 6.45) is -0.514. The van der Waals surface area contributed by atoms with Gasteiger partial charge in [-0.3, -0.25) is 0 Å². The van der Waals surface area contributed by atoms with Gasteiger partial charge in [0.25, 0.3) is 0 Å². The van der Waals surface area contributed by atoms with Crippen LogP contribution in [0.2, 0.25) is 0 Å². The molecule has 2 unspecified atom stereocenters. The van der Waals surface area contributed by atoms with Crippen LogP contribution < -0.4 is 10.5 Å². The molecule has 3 nitrogen and oxygen atoms in total. The molecule has 2 atom stereocenters. The summed E-state index contributed by atoms with van der Waals surface area (Å²) in [5.74, 6) is 0.104. The van der Waals surface area contributed by atoms with Gasteiger partial charge >= 0.3 is 0 Å². The Kier molecular flexibility index (Phi) is 4.34. The second kappa shape index (κ2) is 6.18. The highest BCUT2D eigenvalue weighted by Crippen LogP contribution is 2.27. The van der Waals surface area contributed by atoms with E-state index in [1.54, 1.807) is 43.3 Å². The van der Waals surface area contributed by atoms with Gasteiger partial charge in [0.05, 0.1) is 5.56 Å². The van der Waals surface area contributed by atoms with E-state index in [1.165, 1.54) is 12.1 Å². The van der Waals surface area contributed by atoms with E-state index in [0.717, 1.165) is 0 Å². The fraction of sp³-hybridized carbons (Fsp3) is 0.188. The number of ether oxygens (including phenoxy) is 1. The fourth-order valence-corrected chi connectivity index (χ4v) is 1.96. The number of nitrogens with two attached hydrogens (primary N) is 1. The van der Waals surface area contributed by atoms with Crippen LogP contribution in [-0.4, -0.2) is 6.04 Å². The third-order valence-electron chi connectivity index (χ3n) is 2.92. The van der Waals surface area contributed by atoms with Crippen LogP contribution in [0, 0.1) is 17.1 Å². The molecular formula is C16H15FN2O. The Morgan fingerprint density at radius 1 is 1.20 bits per heavy atom. The van der Waals surface area contributed by atoms with Gasteiger partial charge in [-0.1, -0.05) is 24.3 Å². The van der Waals surface area contributed by atoms with Gasteiger partial charge in [-0.15, -0.1) is 0 Å². The van der Waals surface area contributed by atoms with Gasteiger partial charge < -0.3 is 10.5 Å². The molecule has 0 aromatic heterocycles. The Morgan fingerprint density at radius 2 is 1.95 bits per heavy atom. The highest BCUT2D eigenvalue weighted by atomic mass is 19.1. The quantitative estimate of drug-likeness (QED) is 0.928. The Balaban J connectivity index is 2.34. The number of rotatable bonds is 4. The third kappa shape index (κ3) is 3.14. The maximum absolute atomic E-state index is 13.3. The van der Waals surface area contributed by atoms with Crippen molar-refractivity contribution < 1.29 is 9.13 Å². The first-order valence-corrected chi connectivity index (χ1v) is 6.28. The Hall–Kier alpha value is -2.38. The lowest BCUT2D eigenvalue weighted by molar-refractivity contribution is 0.179. The van der Waals surface area contributed by atoms with Crippen molar-refractivity contribution in [3.05, 3.63) is 65.5 Å². The van der Waals surface area contributed by atoms with Gasteiger partial charge in [0.2, 0.25) is 0 Å². The number of hydrogen-bond acceptors (Lipinski definition) is 3. The second-order valence-corrected chi connectivity index (χ2v) is 4.56. The fourth-order valence-electron chi connectivity index (χ4n) is 1.96. The molecule has 0 aliphatic rings. The zero-order chi connectivity index (χ0) is 14.5. The van der Waals surface area contributed by atoms with E-state index < -0.39 is 6.10 Å². The molecule has 0 fully saturated rings. The summed E-state index contributed by atoms with van der Waals surface area (Å²) in [5.41, 5.74) is 7.00. The van der Waals surface area contributed by atoms with Crippen molar-refractivity contribution in [3.63, 3.8) is 0 Å². The summed E-state index contributed by atoms with van der Waals surface area (Å²) in [5, 5.41) is 9.06. The highest BCUT2D eigenvalue weighted by molar-refractivity contribution is 5.43. The lowest BCUT2D eigenvalue weighted by Gasteiger charge is -2.23. The molecule has 0 heterocycles. The van der Waals surface area contributed by atoms with Crippen LogP contribution in [0.5, 0.6) is 5.75 Å². The van der Waals surface area contributed by atoms with Crippen molar-refractivity contribution >= 4 is 0 Å². The molecule has 0 bridgehead atoms. The minimum Gasteiger partial charge on any atom is -0.483 e.